The third-order valence-electron chi connectivity index (χ3n) is 2.97. The second-order valence-corrected chi connectivity index (χ2v) is 4.77. The number of aryl methyl sites for hydroxylation is 1. The van der Waals surface area contributed by atoms with Gasteiger partial charge in [-0.25, -0.2) is 0 Å². The van der Waals surface area contributed by atoms with Crippen LogP contribution in [0.2, 0.25) is 0 Å². The molecule has 2 aromatic rings. The summed E-state index contributed by atoms with van der Waals surface area (Å²) in [6, 6.07) is 17.3. The van der Waals surface area contributed by atoms with Crippen LogP contribution in [0.4, 0.5) is 5.69 Å². The van der Waals surface area contributed by atoms with Crippen LogP contribution in [0.1, 0.15) is 16.7 Å². The van der Waals surface area contributed by atoms with Gasteiger partial charge in [0.2, 0.25) is 5.91 Å². The molecule has 2 rings (SSSR count). The molecule has 3 heteroatoms. The van der Waals surface area contributed by atoms with Crippen molar-refractivity contribution in [3.63, 3.8) is 0 Å². The van der Waals surface area contributed by atoms with E-state index in [9.17, 15) is 4.79 Å². The molecule has 3 nitrogen and oxygen atoms in total. The van der Waals surface area contributed by atoms with E-state index in [-0.39, 0.29) is 5.91 Å². The number of carbonyl (C=O) groups is 1. The number of benzene rings is 2. The van der Waals surface area contributed by atoms with E-state index in [2.05, 4.69) is 11.4 Å². The van der Waals surface area contributed by atoms with Gasteiger partial charge in [0.15, 0.2) is 0 Å². The molecule has 0 radical (unpaired) electrons. The molecule has 2 aromatic carbocycles. The highest BCUT2D eigenvalue weighted by Gasteiger charge is 1.98. The average molecular weight is 276 g/mol. The molecular weight excluding hydrogens is 260 g/mol. The summed E-state index contributed by atoms with van der Waals surface area (Å²) in [4.78, 5) is 11.8. The Hall–Kier alpha value is -2.86. The van der Waals surface area contributed by atoms with Crippen molar-refractivity contribution in [3.05, 3.63) is 71.3 Å². The topological polar surface area (TPSA) is 52.9 Å². The Kier molecular flexibility index (Phi) is 4.89. The summed E-state index contributed by atoms with van der Waals surface area (Å²) in [5.74, 6) is -0.176. The first-order valence-corrected chi connectivity index (χ1v) is 6.69. The lowest BCUT2D eigenvalue weighted by molar-refractivity contribution is -0.111. The Morgan fingerprint density at radius 2 is 2.00 bits per heavy atom. The molecule has 0 aliphatic heterocycles. The quantitative estimate of drug-likeness (QED) is 0.865. The Balaban J connectivity index is 1.97. The van der Waals surface area contributed by atoms with Crippen LogP contribution in [0.15, 0.2) is 54.6 Å². The number of hydrogen-bond donors (Lipinski definition) is 1. The predicted octanol–water partition coefficient (Wildman–Crippen LogP) is 3.71. The zero-order chi connectivity index (χ0) is 15.1. The highest BCUT2D eigenvalue weighted by atomic mass is 16.1. The molecule has 0 saturated carbocycles. The molecular formula is C18H16N2O. The maximum absolute atomic E-state index is 11.8. The average Bonchev–Trinajstić information content (AvgIpc) is 2.48. The van der Waals surface area contributed by atoms with Gasteiger partial charge in [-0.05, 0) is 36.3 Å². The van der Waals surface area contributed by atoms with Gasteiger partial charge < -0.3 is 5.32 Å². The van der Waals surface area contributed by atoms with E-state index in [0.717, 1.165) is 22.4 Å². The van der Waals surface area contributed by atoms with Crippen LogP contribution in [-0.4, -0.2) is 5.91 Å². The second-order valence-electron chi connectivity index (χ2n) is 4.77. The minimum Gasteiger partial charge on any atom is -0.323 e. The van der Waals surface area contributed by atoms with E-state index in [0.29, 0.717) is 6.42 Å². The summed E-state index contributed by atoms with van der Waals surface area (Å²) in [6.45, 7) is 2.01. The zero-order valence-corrected chi connectivity index (χ0v) is 11.8. The van der Waals surface area contributed by atoms with Crippen molar-refractivity contribution >= 4 is 17.7 Å². The Bertz CT molecular complexity index is 694. The number of nitrogens with one attached hydrogen (secondary N) is 1. The Labute approximate surface area is 124 Å². The first-order valence-electron chi connectivity index (χ1n) is 6.69. The fourth-order valence-corrected chi connectivity index (χ4v) is 1.93. The van der Waals surface area contributed by atoms with Gasteiger partial charge in [0.25, 0.3) is 0 Å². The van der Waals surface area contributed by atoms with Gasteiger partial charge >= 0.3 is 0 Å². The largest absolute Gasteiger partial charge is 0.323 e. The molecule has 0 aliphatic rings. The fraction of sp³-hybridized carbons (Fsp3) is 0.111. The Morgan fingerprint density at radius 3 is 2.67 bits per heavy atom. The highest BCUT2D eigenvalue weighted by Crippen LogP contribution is 2.10. The minimum absolute atomic E-state index is 0.176. The molecule has 0 unspecified atom stereocenters. The summed E-state index contributed by atoms with van der Waals surface area (Å²) in [6.07, 6.45) is 3.67. The van der Waals surface area contributed by atoms with E-state index in [1.165, 1.54) is 6.08 Å². The van der Waals surface area contributed by atoms with E-state index >= 15 is 0 Å². The van der Waals surface area contributed by atoms with E-state index in [4.69, 9.17) is 5.26 Å². The monoisotopic (exact) mass is 276 g/mol. The lowest BCUT2D eigenvalue weighted by Crippen LogP contribution is -2.07. The summed E-state index contributed by atoms with van der Waals surface area (Å²) >= 11 is 0. The lowest BCUT2D eigenvalue weighted by atomic mass is 10.1. The number of anilines is 1. The van der Waals surface area contributed by atoms with Crippen LogP contribution < -0.4 is 5.32 Å². The predicted molar refractivity (Wildman–Crippen MR) is 84.6 cm³/mol. The van der Waals surface area contributed by atoms with Gasteiger partial charge in [-0.3, -0.25) is 4.79 Å². The van der Waals surface area contributed by atoms with Gasteiger partial charge in [-0.1, -0.05) is 42.0 Å². The number of nitrogens with zero attached hydrogens (tertiary/aromatic N) is 1. The van der Waals surface area contributed by atoms with Crippen LogP contribution >= 0.6 is 0 Å². The SMILES string of the molecule is Cc1cccc(/C=C/C(=O)Nc2ccc(CC#N)cc2)c1. The zero-order valence-electron chi connectivity index (χ0n) is 11.8. The minimum atomic E-state index is -0.176. The first-order chi connectivity index (χ1) is 10.2. The van der Waals surface area contributed by atoms with Crippen molar-refractivity contribution in [3.8, 4) is 6.07 Å². The maximum atomic E-state index is 11.8. The third kappa shape index (κ3) is 4.63. The summed E-state index contributed by atoms with van der Waals surface area (Å²) in [7, 11) is 0. The molecule has 0 spiro atoms. The third-order valence-corrected chi connectivity index (χ3v) is 2.97. The van der Waals surface area contributed by atoms with Crippen LogP contribution in [0.25, 0.3) is 6.08 Å². The summed E-state index contributed by atoms with van der Waals surface area (Å²) in [5, 5.41) is 11.4. The second kappa shape index (κ2) is 7.06. The van der Waals surface area contributed by atoms with Crippen molar-refractivity contribution in [2.24, 2.45) is 0 Å². The van der Waals surface area contributed by atoms with Gasteiger partial charge in [0.1, 0.15) is 0 Å². The van der Waals surface area contributed by atoms with Crippen molar-refractivity contribution < 1.29 is 4.79 Å². The van der Waals surface area contributed by atoms with Crippen molar-refractivity contribution in [2.75, 3.05) is 5.32 Å². The van der Waals surface area contributed by atoms with Gasteiger partial charge in [-0.15, -0.1) is 0 Å². The molecule has 0 saturated heterocycles. The highest BCUT2D eigenvalue weighted by molar-refractivity contribution is 6.01. The van der Waals surface area contributed by atoms with Gasteiger partial charge in [0.05, 0.1) is 12.5 Å². The van der Waals surface area contributed by atoms with E-state index < -0.39 is 0 Å². The normalized spacial score (nSPS) is 10.3. The lowest BCUT2D eigenvalue weighted by Gasteiger charge is -2.03. The van der Waals surface area contributed by atoms with Gasteiger partial charge in [-0.2, -0.15) is 5.26 Å². The van der Waals surface area contributed by atoms with Crippen LogP contribution in [0, 0.1) is 18.3 Å². The summed E-state index contributed by atoms with van der Waals surface area (Å²) in [5.41, 5.74) is 3.81. The van der Waals surface area contributed by atoms with Crippen molar-refractivity contribution in [1.29, 1.82) is 5.26 Å². The number of amides is 1. The van der Waals surface area contributed by atoms with Crippen molar-refractivity contribution in [2.45, 2.75) is 13.3 Å². The van der Waals surface area contributed by atoms with Crippen LogP contribution in [-0.2, 0) is 11.2 Å². The standard InChI is InChI=1S/C18H16N2O/c1-14-3-2-4-16(13-14)7-10-18(21)20-17-8-5-15(6-9-17)11-12-19/h2-10,13H,11H2,1H3,(H,20,21)/b10-7+. The molecule has 0 bridgehead atoms. The first kappa shape index (κ1) is 14.5. The van der Waals surface area contributed by atoms with Crippen LogP contribution in [0.5, 0.6) is 0 Å². The van der Waals surface area contributed by atoms with E-state index in [1.807, 2.05) is 43.3 Å². The number of hydrogen-bond acceptors (Lipinski definition) is 2. The summed E-state index contributed by atoms with van der Waals surface area (Å²) < 4.78 is 0. The molecule has 0 aromatic heterocycles. The molecule has 0 heterocycles. The smallest absolute Gasteiger partial charge is 0.248 e. The van der Waals surface area contributed by atoms with Crippen molar-refractivity contribution in [1.82, 2.24) is 0 Å². The van der Waals surface area contributed by atoms with E-state index in [1.54, 1.807) is 18.2 Å². The molecule has 0 fully saturated rings. The molecule has 104 valence electrons. The van der Waals surface area contributed by atoms with Crippen LogP contribution in [0.3, 0.4) is 0 Å². The number of nitriles is 1. The molecule has 0 atom stereocenters. The molecule has 0 aliphatic carbocycles. The number of rotatable bonds is 4. The van der Waals surface area contributed by atoms with Gasteiger partial charge in [0, 0.05) is 11.8 Å². The maximum Gasteiger partial charge on any atom is 0.248 e. The molecule has 1 N–H and O–H groups in total. The Morgan fingerprint density at radius 1 is 1.24 bits per heavy atom. The molecule has 1 amide bonds. The molecule has 21 heavy (non-hydrogen) atoms. The fourth-order valence-electron chi connectivity index (χ4n) is 1.93. The number of carbonyl (C=O) groups excluding carboxylic acids is 1.